The van der Waals surface area contributed by atoms with Crippen LogP contribution in [0.3, 0.4) is 0 Å². The quantitative estimate of drug-likeness (QED) is 0.687. The molecule has 1 aliphatic rings. The lowest BCUT2D eigenvalue weighted by molar-refractivity contribution is -0.147. The fourth-order valence-corrected chi connectivity index (χ4v) is 1.91. The van der Waals surface area contributed by atoms with E-state index in [1.165, 1.54) is 0 Å². The number of aliphatic carboxylic acids is 1. The van der Waals surface area contributed by atoms with Gasteiger partial charge in [0.1, 0.15) is 0 Å². The predicted molar refractivity (Wildman–Crippen MR) is 54.0 cm³/mol. The standard InChI is InChI=1S/C9H17NO2.ClH/c1-9(2)4-3-6(10)5-7(9)8(11)12;/h6-7H,3-5,10H2,1-2H3,(H,11,12);1H/t6-,7+;/m1./s1. The molecule has 0 spiro atoms. The van der Waals surface area contributed by atoms with E-state index >= 15 is 0 Å². The molecule has 1 fully saturated rings. The molecule has 0 aromatic heterocycles. The average molecular weight is 208 g/mol. The minimum absolute atomic E-state index is 0. The second-order valence-corrected chi connectivity index (χ2v) is 4.41. The monoisotopic (exact) mass is 207 g/mol. The fourth-order valence-electron chi connectivity index (χ4n) is 1.91. The van der Waals surface area contributed by atoms with Gasteiger partial charge < -0.3 is 10.8 Å². The SMILES string of the molecule is CC1(C)CC[C@@H](N)C[C@H]1C(=O)O.Cl. The van der Waals surface area contributed by atoms with Gasteiger partial charge in [-0.05, 0) is 24.7 Å². The molecule has 4 heteroatoms. The van der Waals surface area contributed by atoms with Gasteiger partial charge in [0.25, 0.3) is 0 Å². The average Bonchev–Trinajstić information content (AvgIpc) is 1.94. The van der Waals surface area contributed by atoms with Crippen molar-refractivity contribution >= 4 is 18.4 Å². The summed E-state index contributed by atoms with van der Waals surface area (Å²) in [4.78, 5) is 10.9. The fraction of sp³-hybridized carbons (Fsp3) is 0.889. The lowest BCUT2D eigenvalue weighted by Gasteiger charge is -2.38. The van der Waals surface area contributed by atoms with Crippen LogP contribution in [0.5, 0.6) is 0 Å². The highest BCUT2D eigenvalue weighted by molar-refractivity contribution is 5.85. The zero-order chi connectivity index (χ0) is 9.35. The Balaban J connectivity index is 0.00000144. The minimum atomic E-state index is -0.699. The van der Waals surface area contributed by atoms with Crippen LogP contribution in [-0.2, 0) is 4.79 Å². The van der Waals surface area contributed by atoms with Gasteiger partial charge in [0.05, 0.1) is 5.92 Å². The molecule has 3 N–H and O–H groups in total. The summed E-state index contributed by atoms with van der Waals surface area (Å²) in [6, 6.07) is 0.0825. The van der Waals surface area contributed by atoms with Crippen molar-refractivity contribution < 1.29 is 9.90 Å². The second kappa shape index (κ2) is 4.29. The Morgan fingerprint density at radius 2 is 2.08 bits per heavy atom. The van der Waals surface area contributed by atoms with Gasteiger partial charge in [-0.1, -0.05) is 13.8 Å². The molecule has 0 aromatic carbocycles. The van der Waals surface area contributed by atoms with Crippen molar-refractivity contribution in [3.63, 3.8) is 0 Å². The lowest BCUT2D eigenvalue weighted by Crippen LogP contribution is -2.41. The maximum Gasteiger partial charge on any atom is 0.307 e. The Hall–Kier alpha value is -0.280. The molecular weight excluding hydrogens is 190 g/mol. The molecule has 13 heavy (non-hydrogen) atoms. The molecule has 1 rings (SSSR count). The van der Waals surface area contributed by atoms with Gasteiger partial charge in [-0.3, -0.25) is 4.79 Å². The zero-order valence-electron chi connectivity index (χ0n) is 8.12. The maximum atomic E-state index is 10.9. The summed E-state index contributed by atoms with van der Waals surface area (Å²) < 4.78 is 0. The molecule has 1 aliphatic carbocycles. The van der Waals surface area contributed by atoms with Crippen LogP contribution in [0.4, 0.5) is 0 Å². The predicted octanol–water partition coefficient (Wildman–Crippen LogP) is 1.65. The molecule has 78 valence electrons. The van der Waals surface area contributed by atoms with Crippen molar-refractivity contribution in [2.24, 2.45) is 17.1 Å². The van der Waals surface area contributed by atoms with E-state index in [4.69, 9.17) is 10.8 Å². The van der Waals surface area contributed by atoms with E-state index in [0.29, 0.717) is 6.42 Å². The molecule has 0 radical (unpaired) electrons. The number of hydrogen-bond donors (Lipinski definition) is 2. The molecule has 0 heterocycles. The summed E-state index contributed by atoms with van der Waals surface area (Å²) in [5, 5.41) is 8.94. The molecular formula is C9H18ClNO2. The van der Waals surface area contributed by atoms with Gasteiger partial charge in [-0.25, -0.2) is 0 Å². The van der Waals surface area contributed by atoms with Crippen LogP contribution in [-0.4, -0.2) is 17.1 Å². The molecule has 2 atom stereocenters. The number of carbonyl (C=O) groups is 1. The van der Waals surface area contributed by atoms with Crippen LogP contribution in [0.2, 0.25) is 0 Å². The normalized spacial score (nSPS) is 31.9. The molecule has 0 unspecified atom stereocenters. The first-order valence-corrected chi connectivity index (χ1v) is 4.42. The van der Waals surface area contributed by atoms with Crippen LogP contribution in [0.1, 0.15) is 33.1 Å². The van der Waals surface area contributed by atoms with Gasteiger partial charge in [0.2, 0.25) is 0 Å². The molecule has 0 aliphatic heterocycles. The van der Waals surface area contributed by atoms with E-state index in [2.05, 4.69) is 0 Å². The summed E-state index contributed by atoms with van der Waals surface area (Å²) >= 11 is 0. The minimum Gasteiger partial charge on any atom is -0.481 e. The Morgan fingerprint density at radius 3 is 2.46 bits per heavy atom. The van der Waals surface area contributed by atoms with Gasteiger partial charge in [0, 0.05) is 6.04 Å². The second-order valence-electron chi connectivity index (χ2n) is 4.41. The van der Waals surface area contributed by atoms with E-state index in [0.717, 1.165) is 12.8 Å². The van der Waals surface area contributed by atoms with Crippen LogP contribution in [0.15, 0.2) is 0 Å². The highest BCUT2D eigenvalue weighted by Crippen LogP contribution is 2.40. The molecule has 0 aromatic rings. The van der Waals surface area contributed by atoms with Crippen molar-refractivity contribution in [3.05, 3.63) is 0 Å². The summed E-state index contributed by atoms with van der Waals surface area (Å²) in [7, 11) is 0. The van der Waals surface area contributed by atoms with Gasteiger partial charge in [0.15, 0.2) is 0 Å². The number of nitrogens with two attached hydrogens (primary N) is 1. The van der Waals surface area contributed by atoms with Crippen molar-refractivity contribution in [1.82, 2.24) is 0 Å². The van der Waals surface area contributed by atoms with Gasteiger partial charge in [-0.15, -0.1) is 12.4 Å². The third kappa shape index (κ3) is 2.85. The van der Waals surface area contributed by atoms with E-state index in [1.807, 2.05) is 13.8 Å². The van der Waals surface area contributed by atoms with Gasteiger partial charge >= 0.3 is 5.97 Å². The first-order valence-electron chi connectivity index (χ1n) is 4.42. The summed E-state index contributed by atoms with van der Waals surface area (Å²) in [5.74, 6) is -0.962. The van der Waals surface area contributed by atoms with Crippen LogP contribution in [0, 0.1) is 11.3 Å². The lowest BCUT2D eigenvalue weighted by atomic mass is 9.67. The van der Waals surface area contributed by atoms with Crippen molar-refractivity contribution in [1.29, 1.82) is 0 Å². The summed E-state index contributed by atoms with van der Waals surface area (Å²) in [5.41, 5.74) is 5.64. The summed E-state index contributed by atoms with van der Waals surface area (Å²) in [6.07, 6.45) is 2.50. The highest BCUT2D eigenvalue weighted by atomic mass is 35.5. The third-order valence-corrected chi connectivity index (χ3v) is 2.94. The van der Waals surface area contributed by atoms with E-state index in [9.17, 15) is 4.79 Å². The first-order chi connectivity index (χ1) is 5.43. The van der Waals surface area contributed by atoms with Crippen molar-refractivity contribution in [2.45, 2.75) is 39.2 Å². The topological polar surface area (TPSA) is 63.3 Å². The Morgan fingerprint density at radius 1 is 1.54 bits per heavy atom. The Bertz CT molecular complexity index is 194. The van der Waals surface area contributed by atoms with Crippen LogP contribution < -0.4 is 5.73 Å². The number of carboxylic acids is 1. The molecule has 1 saturated carbocycles. The molecule has 0 saturated heterocycles. The molecule has 0 amide bonds. The Labute approximate surface area is 85.1 Å². The number of hydrogen-bond acceptors (Lipinski definition) is 2. The first kappa shape index (κ1) is 12.7. The highest BCUT2D eigenvalue weighted by Gasteiger charge is 2.39. The Kier molecular flexibility index (Phi) is 4.20. The van der Waals surface area contributed by atoms with E-state index in [-0.39, 0.29) is 29.8 Å². The largest absolute Gasteiger partial charge is 0.481 e. The number of halogens is 1. The summed E-state index contributed by atoms with van der Waals surface area (Å²) in [6.45, 7) is 4.02. The van der Waals surface area contributed by atoms with E-state index in [1.54, 1.807) is 0 Å². The molecule has 0 bridgehead atoms. The third-order valence-electron chi connectivity index (χ3n) is 2.94. The van der Waals surface area contributed by atoms with Crippen LogP contribution >= 0.6 is 12.4 Å². The molecule has 3 nitrogen and oxygen atoms in total. The number of rotatable bonds is 1. The van der Waals surface area contributed by atoms with Crippen molar-refractivity contribution in [3.8, 4) is 0 Å². The smallest absolute Gasteiger partial charge is 0.307 e. The van der Waals surface area contributed by atoms with Gasteiger partial charge in [-0.2, -0.15) is 0 Å². The zero-order valence-corrected chi connectivity index (χ0v) is 8.93. The van der Waals surface area contributed by atoms with Crippen molar-refractivity contribution in [2.75, 3.05) is 0 Å². The maximum absolute atomic E-state index is 10.9. The van der Waals surface area contributed by atoms with Crippen LogP contribution in [0.25, 0.3) is 0 Å². The van der Waals surface area contributed by atoms with E-state index < -0.39 is 5.97 Å². The number of carboxylic acid groups (broad SMARTS) is 1.